The van der Waals surface area contributed by atoms with Gasteiger partial charge in [0.1, 0.15) is 24.9 Å². The Bertz CT molecular complexity index is 616. The van der Waals surface area contributed by atoms with Crippen molar-refractivity contribution in [2.75, 3.05) is 20.3 Å². The van der Waals surface area contributed by atoms with Gasteiger partial charge in [-0.15, -0.1) is 0 Å². The van der Waals surface area contributed by atoms with E-state index in [1.54, 1.807) is 0 Å². The molecule has 0 bridgehead atoms. The van der Waals surface area contributed by atoms with Crippen molar-refractivity contribution in [3.63, 3.8) is 0 Å². The Hall–Kier alpha value is -2.66. The largest absolute Gasteiger partial charge is 0.484 e. The predicted octanol–water partition coefficient (Wildman–Crippen LogP) is 2.89. The number of hydrogen-bond acceptors (Lipinski definition) is 5. The number of carbonyl (C=O) groups excluding carboxylic acids is 1. The molecule has 25 heavy (non-hydrogen) atoms. The van der Waals surface area contributed by atoms with E-state index in [1.165, 1.54) is 7.11 Å². The number of ether oxygens (including phenoxy) is 2. The molecule has 1 rings (SSSR count). The van der Waals surface area contributed by atoms with Crippen molar-refractivity contribution >= 4 is 12.2 Å². The number of benzene rings is 1. The van der Waals surface area contributed by atoms with Crippen molar-refractivity contribution in [3.8, 4) is 11.5 Å². The Morgan fingerprint density at radius 1 is 1.12 bits per heavy atom. The highest BCUT2D eigenvalue weighted by Crippen LogP contribution is 2.27. The number of nitrogens with one attached hydrogen (secondary N) is 1. The number of amides is 1. The maximum atomic E-state index is 12.2. The summed E-state index contributed by atoms with van der Waals surface area (Å²) in [5.41, 5.74) is -0.480. The first-order valence-electron chi connectivity index (χ1n) is 6.41. The quantitative estimate of drug-likeness (QED) is 0.345. The minimum atomic E-state index is -4.67. The van der Waals surface area contributed by atoms with E-state index in [1.807, 2.05) is 5.32 Å². The highest BCUT2D eigenvalue weighted by atomic mass is 19.4. The highest BCUT2D eigenvalue weighted by molar-refractivity contribution is 6.02. The van der Waals surface area contributed by atoms with Crippen LogP contribution in [0.2, 0.25) is 0 Å². The fraction of sp³-hybridized carbons (Fsp3) is 0.385. The number of oxime groups is 1. The minimum Gasteiger partial charge on any atom is -0.484 e. The summed E-state index contributed by atoms with van der Waals surface area (Å²) in [6.07, 6.45) is -8.51. The van der Waals surface area contributed by atoms with Gasteiger partial charge in [-0.3, -0.25) is 4.79 Å². The van der Waals surface area contributed by atoms with E-state index in [-0.39, 0.29) is 5.75 Å². The molecular weight excluding hydrogens is 362 g/mol. The third-order valence-electron chi connectivity index (χ3n) is 2.34. The van der Waals surface area contributed by atoms with Crippen LogP contribution in [-0.2, 0) is 4.84 Å². The van der Waals surface area contributed by atoms with Gasteiger partial charge < -0.3 is 19.6 Å². The molecule has 1 aromatic rings. The van der Waals surface area contributed by atoms with Gasteiger partial charge in [0.05, 0.1) is 5.56 Å². The molecule has 0 fully saturated rings. The van der Waals surface area contributed by atoms with Crippen molar-refractivity contribution in [1.29, 1.82) is 0 Å². The van der Waals surface area contributed by atoms with Gasteiger partial charge in [0, 0.05) is 0 Å². The van der Waals surface area contributed by atoms with Crippen LogP contribution in [0.1, 0.15) is 10.4 Å². The molecule has 0 heterocycles. The summed E-state index contributed by atoms with van der Waals surface area (Å²) in [7, 11) is 1.17. The molecule has 6 nitrogen and oxygen atoms in total. The molecule has 0 aliphatic heterocycles. The van der Waals surface area contributed by atoms with Gasteiger partial charge in [0.25, 0.3) is 5.91 Å². The first kappa shape index (κ1) is 20.4. The minimum absolute atomic E-state index is 0.384. The van der Waals surface area contributed by atoms with Gasteiger partial charge in [0.15, 0.2) is 13.2 Å². The van der Waals surface area contributed by atoms with Crippen molar-refractivity contribution in [2.24, 2.45) is 5.16 Å². The molecule has 0 aromatic heterocycles. The van der Waals surface area contributed by atoms with Crippen LogP contribution in [0, 0.1) is 0 Å². The lowest BCUT2D eigenvalue weighted by Gasteiger charge is -2.14. The maximum absolute atomic E-state index is 12.2. The van der Waals surface area contributed by atoms with Crippen molar-refractivity contribution in [3.05, 3.63) is 23.8 Å². The van der Waals surface area contributed by atoms with Crippen LogP contribution in [-0.4, -0.2) is 44.9 Å². The number of halogens is 6. The molecular formula is C13H12F6N2O4. The van der Waals surface area contributed by atoms with Crippen LogP contribution >= 0.6 is 0 Å². The SMILES string of the molecule is CON=CNC(=O)c1cc(OCC(F)(F)F)ccc1OCC(F)(F)F. The molecule has 0 aliphatic carbocycles. The van der Waals surface area contributed by atoms with Gasteiger partial charge in [-0.2, -0.15) is 26.3 Å². The second kappa shape index (κ2) is 8.44. The van der Waals surface area contributed by atoms with Crippen molar-refractivity contribution < 1.29 is 45.4 Å². The Kier molecular flexibility index (Phi) is 6.88. The number of carbonyl (C=O) groups is 1. The zero-order valence-corrected chi connectivity index (χ0v) is 12.6. The van der Waals surface area contributed by atoms with Gasteiger partial charge in [-0.25, -0.2) is 0 Å². The van der Waals surface area contributed by atoms with Crippen LogP contribution in [0.25, 0.3) is 0 Å². The van der Waals surface area contributed by atoms with Crippen LogP contribution < -0.4 is 14.8 Å². The van der Waals surface area contributed by atoms with E-state index >= 15 is 0 Å². The Labute approximate surface area is 137 Å². The van der Waals surface area contributed by atoms with E-state index in [9.17, 15) is 31.1 Å². The zero-order valence-electron chi connectivity index (χ0n) is 12.6. The number of nitrogens with zero attached hydrogens (tertiary/aromatic N) is 1. The third-order valence-corrected chi connectivity index (χ3v) is 2.34. The smallest absolute Gasteiger partial charge is 0.422 e. The van der Waals surface area contributed by atoms with E-state index < -0.39 is 42.8 Å². The lowest BCUT2D eigenvalue weighted by molar-refractivity contribution is -0.154. The number of alkyl halides is 6. The topological polar surface area (TPSA) is 69.2 Å². The van der Waals surface area contributed by atoms with Crippen LogP contribution in [0.15, 0.2) is 23.4 Å². The van der Waals surface area contributed by atoms with E-state index in [2.05, 4.69) is 19.5 Å². The second-order valence-corrected chi connectivity index (χ2v) is 4.36. The number of hydrogen-bond donors (Lipinski definition) is 1. The summed E-state index contributed by atoms with van der Waals surface area (Å²) in [5.74, 6) is -1.87. The molecule has 1 aromatic carbocycles. The molecule has 0 spiro atoms. The Balaban J connectivity index is 3.01. The summed E-state index contributed by atoms with van der Waals surface area (Å²) in [6, 6.07) is 2.64. The average Bonchev–Trinajstić information content (AvgIpc) is 2.50. The van der Waals surface area contributed by atoms with Crippen LogP contribution in [0.4, 0.5) is 26.3 Å². The summed E-state index contributed by atoms with van der Waals surface area (Å²) in [5, 5.41) is 5.23. The number of rotatable bonds is 7. The van der Waals surface area contributed by atoms with E-state index in [4.69, 9.17) is 0 Å². The molecule has 0 atom stereocenters. The van der Waals surface area contributed by atoms with Gasteiger partial charge >= 0.3 is 12.4 Å². The monoisotopic (exact) mass is 374 g/mol. The van der Waals surface area contributed by atoms with Gasteiger partial charge in [-0.1, -0.05) is 5.16 Å². The van der Waals surface area contributed by atoms with Crippen molar-refractivity contribution in [1.82, 2.24) is 5.32 Å². The third kappa shape index (κ3) is 8.13. The van der Waals surface area contributed by atoms with Crippen molar-refractivity contribution in [2.45, 2.75) is 12.4 Å². The molecule has 1 amide bonds. The molecule has 0 saturated carbocycles. The first-order chi connectivity index (χ1) is 11.5. The summed E-state index contributed by atoms with van der Waals surface area (Å²) >= 11 is 0. The maximum Gasteiger partial charge on any atom is 0.422 e. The molecule has 140 valence electrons. The summed E-state index contributed by atoms with van der Waals surface area (Å²) in [4.78, 5) is 16.2. The fourth-order valence-corrected chi connectivity index (χ4v) is 1.44. The van der Waals surface area contributed by atoms with E-state index in [0.717, 1.165) is 24.5 Å². The normalized spacial score (nSPS) is 12.1. The molecule has 12 heteroatoms. The Morgan fingerprint density at radius 3 is 2.28 bits per heavy atom. The van der Waals surface area contributed by atoms with Crippen LogP contribution in [0.3, 0.4) is 0 Å². The van der Waals surface area contributed by atoms with E-state index in [0.29, 0.717) is 0 Å². The molecule has 0 radical (unpaired) electrons. The summed E-state index contributed by atoms with van der Waals surface area (Å²) < 4.78 is 82.1. The van der Waals surface area contributed by atoms with Gasteiger partial charge in [0.2, 0.25) is 0 Å². The molecule has 0 saturated heterocycles. The zero-order chi connectivity index (χ0) is 19.1. The van der Waals surface area contributed by atoms with Gasteiger partial charge in [-0.05, 0) is 18.2 Å². The standard InChI is InChI=1S/C13H12F6N2O4/c1-23-21-7-20-11(22)9-4-8(24-5-12(14,15)16)2-3-10(9)25-6-13(17,18)19/h2-4,7H,5-6H2,1H3,(H,20,21,22). The lowest BCUT2D eigenvalue weighted by Crippen LogP contribution is -2.25. The highest BCUT2D eigenvalue weighted by Gasteiger charge is 2.30. The second-order valence-electron chi connectivity index (χ2n) is 4.36. The fourth-order valence-electron chi connectivity index (χ4n) is 1.44. The first-order valence-corrected chi connectivity index (χ1v) is 6.41. The Morgan fingerprint density at radius 2 is 1.72 bits per heavy atom. The molecule has 1 N–H and O–H groups in total. The summed E-state index contributed by atoms with van der Waals surface area (Å²) in [6.45, 7) is -3.33. The molecule has 0 aliphatic rings. The average molecular weight is 374 g/mol. The van der Waals surface area contributed by atoms with Crippen LogP contribution in [0.5, 0.6) is 11.5 Å². The lowest BCUT2D eigenvalue weighted by atomic mass is 10.1. The predicted molar refractivity (Wildman–Crippen MR) is 72.5 cm³/mol. The molecule has 0 unspecified atom stereocenters.